The zero-order valence-corrected chi connectivity index (χ0v) is 18.4. The number of nitrogens with zero attached hydrogens (tertiary/aromatic N) is 1. The van der Waals surface area contributed by atoms with Gasteiger partial charge in [0.15, 0.2) is 29.6 Å². The number of nitrogens with one attached hydrogen (secondary N) is 2. The molecule has 0 saturated heterocycles. The molecule has 176 valence electrons. The first-order valence-electron chi connectivity index (χ1n) is 9.67. The molecule has 2 aromatic carbocycles. The van der Waals surface area contributed by atoms with Gasteiger partial charge in [-0.1, -0.05) is 6.58 Å². The van der Waals surface area contributed by atoms with Crippen LogP contribution in [0.1, 0.15) is 0 Å². The van der Waals surface area contributed by atoms with Gasteiger partial charge in [0.1, 0.15) is 11.6 Å². The molecule has 0 aliphatic carbocycles. The molecule has 9 nitrogen and oxygen atoms in total. The van der Waals surface area contributed by atoms with Crippen LogP contribution < -0.4 is 25.1 Å². The van der Waals surface area contributed by atoms with Crippen LogP contribution in [0.4, 0.5) is 20.2 Å². The third kappa shape index (κ3) is 4.48. The molecule has 0 unspecified atom stereocenters. The molecule has 1 aromatic heterocycles. The van der Waals surface area contributed by atoms with E-state index in [1.165, 1.54) is 36.0 Å². The first kappa shape index (κ1) is 23.0. The molecule has 4 rings (SSSR count). The molecule has 0 bridgehead atoms. The molecule has 0 spiro atoms. The normalized spacial score (nSPS) is 12.9. The molecule has 1 aliphatic heterocycles. The van der Waals surface area contributed by atoms with Crippen LogP contribution in [0, 0.1) is 11.6 Å². The summed E-state index contributed by atoms with van der Waals surface area (Å²) in [7, 11) is -2.42. The van der Waals surface area contributed by atoms with Crippen LogP contribution in [0.25, 0.3) is 11.1 Å². The van der Waals surface area contributed by atoms with Crippen molar-refractivity contribution in [2.24, 2.45) is 7.05 Å². The Balaban J connectivity index is 1.93. The van der Waals surface area contributed by atoms with E-state index >= 15 is 0 Å². The number of carbonyl (C=O) groups is 1. The number of ether oxygens (including phenoxy) is 2. The minimum atomic E-state index is -3.87. The second kappa shape index (κ2) is 8.63. The summed E-state index contributed by atoms with van der Waals surface area (Å²) in [5, 5.41) is 3.18. The van der Waals surface area contributed by atoms with Gasteiger partial charge in [-0.25, -0.2) is 17.2 Å². The van der Waals surface area contributed by atoms with Gasteiger partial charge in [0.05, 0.1) is 0 Å². The van der Waals surface area contributed by atoms with Gasteiger partial charge in [0, 0.05) is 41.5 Å². The third-order valence-electron chi connectivity index (χ3n) is 4.80. The molecule has 0 atom stereocenters. The van der Waals surface area contributed by atoms with E-state index in [1.807, 2.05) is 0 Å². The zero-order chi connectivity index (χ0) is 24.6. The lowest BCUT2D eigenvalue weighted by atomic mass is 10.0. The maximum absolute atomic E-state index is 14.3. The number of pyridine rings is 1. The lowest BCUT2D eigenvalue weighted by Crippen LogP contribution is -2.32. The van der Waals surface area contributed by atoms with Crippen LogP contribution in [0.2, 0.25) is 0 Å². The first-order chi connectivity index (χ1) is 16.1. The number of amides is 1. The van der Waals surface area contributed by atoms with E-state index in [1.54, 1.807) is 0 Å². The predicted octanol–water partition coefficient (Wildman–Crippen LogP) is 3.34. The number of rotatable bonds is 6. The summed E-state index contributed by atoms with van der Waals surface area (Å²) in [4.78, 5) is 24.3. The van der Waals surface area contributed by atoms with Crippen LogP contribution in [-0.4, -0.2) is 25.5 Å². The Morgan fingerprint density at radius 3 is 2.59 bits per heavy atom. The maximum Gasteiger partial charge on any atom is 0.277 e. The lowest BCUT2D eigenvalue weighted by molar-refractivity contribution is -0.118. The van der Waals surface area contributed by atoms with Crippen molar-refractivity contribution in [3.8, 4) is 28.4 Å². The van der Waals surface area contributed by atoms with Gasteiger partial charge in [-0.2, -0.15) is 0 Å². The molecule has 2 heterocycles. The van der Waals surface area contributed by atoms with Crippen LogP contribution in [-0.2, 0) is 21.9 Å². The van der Waals surface area contributed by atoms with Gasteiger partial charge in [0.25, 0.3) is 21.5 Å². The van der Waals surface area contributed by atoms with Crippen molar-refractivity contribution in [3.63, 3.8) is 0 Å². The fourth-order valence-corrected chi connectivity index (χ4v) is 3.80. The Morgan fingerprint density at radius 2 is 1.88 bits per heavy atom. The molecule has 2 N–H and O–H groups in total. The second-order valence-electron chi connectivity index (χ2n) is 7.20. The number of benzene rings is 2. The van der Waals surface area contributed by atoms with E-state index in [0.717, 1.165) is 17.5 Å². The molecular formula is C22H17F2N3O6S. The van der Waals surface area contributed by atoms with Crippen molar-refractivity contribution >= 4 is 27.3 Å². The van der Waals surface area contributed by atoms with E-state index in [-0.39, 0.29) is 46.4 Å². The monoisotopic (exact) mass is 489 g/mol. The number of fused-ring (bicyclic) bond motifs is 1. The average Bonchev–Trinajstić information content (AvgIpc) is 2.79. The molecule has 1 amide bonds. The lowest BCUT2D eigenvalue weighted by Gasteiger charge is -2.22. The summed E-state index contributed by atoms with van der Waals surface area (Å²) in [5.74, 6) is -2.53. The summed E-state index contributed by atoms with van der Waals surface area (Å²) < 4.78 is 66.2. The van der Waals surface area contributed by atoms with Crippen molar-refractivity contribution in [1.29, 1.82) is 0 Å². The molecule has 12 heteroatoms. The highest BCUT2D eigenvalue weighted by atomic mass is 32.2. The molecule has 0 radical (unpaired) electrons. The van der Waals surface area contributed by atoms with E-state index in [2.05, 4.69) is 16.6 Å². The number of sulfonamides is 1. The Morgan fingerprint density at radius 1 is 1.15 bits per heavy atom. The highest BCUT2D eigenvalue weighted by Gasteiger charge is 2.26. The van der Waals surface area contributed by atoms with Gasteiger partial charge >= 0.3 is 0 Å². The molecule has 34 heavy (non-hydrogen) atoms. The first-order valence-corrected chi connectivity index (χ1v) is 11.2. The Kier molecular flexibility index (Phi) is 5.83. The highest BCUT2D eigenvalue weighted by molar-refractivity contribution is 7.95. The van der Waals surface area contributed by atoms with E-state index < -0.39 is 33.1 Å². The summed E-state index contributed by atoms with van der Waals surface area (Å²) in [6.45, 7) is 2.88. The van der Waals surface area contributed by atoms with Crippen molar-refractivity contribution in [2.45, 2.75) is 0 Å². The number of halogens is 2. The van der Waals surface area contributed by atoms with Gasteiger partial charge in [-0.15, -0.1) is 0 Å². The fraction of sp³-hybridized carbons (Fsp3) is 0.0909. The van der Waals surface area contributed by atoms with Gasteiger partial charge < -0.3 is 19.4 Å². The smallest absolute Gasteiger partial charge is 0.277 e. The summed E-state index contributed by atoms with van der Waals surface area (Å²) in [6, 6.07) is 6.84. The van der Waals surface area contributed by atoms with Crippen molar-refractivity contribution in [2.75, 3.05) is 16.6 Å². The van der Waals surface area contributed by atoms with Gasteiger partial charge in [0.2, 0.25) is 0 Å². The summed E-state index contributed by atoms with van der Waals surface area (Å²) >= 11 is 0. The van der Waals surface area contributed by atoms with Crippen LogP contribution in [0.5, 0.6) is 17.2 Å². The SMILES string of the molecule is C=CS(=O)(=O)Nc1ccc(Oc2ccc(F)cc2F)c(-c2cn(C)c(=O)c3c2OCC(=O)N3)c1. The van der Waals surface area contributed by atoms with Crippen molar-refractivity contribution in [3.05, 3.63) is 76.6 Å². The number of anilines is 2. The number of aryl methyl sites for hydroxylation is 1. The van der Waals surface area contributed by atoms with Crippen molar-refractivity contribution in [1.82, 2.24) is 4.57 Å². The number of hydrogen-bond acceptors (Lipinski definition) is 6. The molecule has 3 aromatic rings. The molecule has 0 saturated carbocycles. The Bertz CT molecular complexity index is 1500. The summed E-state index contributed by atoms with van der Waals surface area (Å²) in [5.41, 5.74) is -0.121. The quantitative estimate of drug-likeness (QED) is 0.549. The highest BCUT2D eigenvalue weighted by Crippen LogP contribution is 2.43. The largest absolute Gasteiger partial charge is 0.481 e. The Labute approximate surface area is 192 Å². The van der Waals surface area contributed by atoms with Crippen LogP contribution in [0.3, 0.4) is 0 Å². The minimum absolute atomic E-state index is 0.0239. The Hall–Kier alpha value is -4.19. The molecular weight excluding hydrogens is 472 g/mol. The average molecular weight is 489 g/mol. The number of hydrogen-bond donors (Lipinski definition) is 2. The van der Waals surface area contributed by atoms with Crippen molar-refractivity contribution < 1.29 is 31.5 Å². The van der Waals surface area contributed by atoms with Crippen LogP contribution >= 0.6 is 0 Å². The second-order valence-corrected chi connectivity index (χ2v) is 8.83. The molecule has 0 fully saturated rings. The van der Waals surface area contributed by atoms with Gasteiger partial charge in [-0.05, 0) is 30.3 Å². The fourth-order valence-electron chi connectivity index (χ4n) is 3.26. The number of aromatic nitrogens is 1. The van der Waals surface area contributed by atoms with Gasteiger partial charge in [-0.3, -0.25) is 14.3 Å². The summed E-state index contributed by atoms with van der Waals surface area (Å²) in [6.07, 6.45) is 1.40. The number of carbonyl (C=O) groups excluding carboxylic acids is 1. The maximum atomic E-state index is 14.3. The minimum Gasteiger partial charge on any atom is -0.481 e. The van der Waals surface area contributed by atoms with E-state index in [9.17, 15) is 26.8 Å². The predicted molar refractivity (Wildman–Crippen MR) is 120 cm³/mol. The van der Waals surface area contributed by atoms with Crippen LogP contribution in [0.15, 0.2) is 59.4 Å². The third-order valence-corrected chi connectivity index (χ3v) is 5.76. The topological polar surface area (TPSA) is 116 Å². The zero-order valence-electron chi connectivity index (χ0n) is 17.6. The van der Waals surface area contributed by atoms with E-state index in [0.29, 0.717) is 6.07 Å². The standard InChI is InChI=1S/C22H17F2N3O6S/c1-3-34(30,31)26-13-5-7-17(33-18-6-4-12(23)8-16(18)24)14(9-13)15-10-27(2)22(29)20-21(15)32-11-19(28)25-20/h3-10,26H,1,11H2,2H3,(H,25,28). The molecule has 1 aliphatic rings. The van der Waals surface area contributed by atoms with E-state index in [4.69, 9.17) is 9.47 Å².